The SMILES string of the molecule is CCN(CC)c1ccc(/C=C/c2ccc(/C=C/C3=C(C#N)C(=C(C#N)C#N)OC3(C)C)s2)c(OCCCCCCO[Si](c2ccccc2)(c2ccccc2)C(C)(C)C)c1. The summed E-state index contributed by atoms with van der Waals surface area (Å²) in [5.74, 6) is 0.911. The highest BCUT2D eigenvalue weighted by Crippen LogP contribution is 2.41. The van der Waals surface area contributed by atoms with E-state index in [0.717, 1.165) is 72.1 Å². The van der Waals surface area contributed by atoms with Gasteiger partial charge in [-0.1, -0.05) is 93.9 Å². The number of benzene rings is 3. The molecule has 9 heteroatoms. The molecule has 7 nitrogen and oxygen atoms in total. The Morgan fingerprint density at radius 2 is 1.34 bits per heavy atom. The minimum absolute atomic E-state index is 0.0330. The van der Waals surface area contributed by atoms with E-state index in [2.05, 4.69) is 143 Å². The Kier molecular flexibility index (Phi) is 15.4. The average molecular weight is 821 g/mol. The third-order valence-electron chi connectivity index (χ3n) is 10.7. The van der Waals surface area contributed by atoms with Crippen LogP contribution in [0.3, 0.4) is 0 Å². The lowest BCUT2D eigenvalue weighted by Crippen LogP contribution is -2.66. The van der Waals surface area contributed by atoms with Crippen molar-refractivity contribution in [2.75, 3.05) is 31.2 Å². The first-order chi connectivity index (χ1) is 28.4. The normalized spacial score (nSPS) is 13.9. The van der Waals surface area contributed by atoms with E-state index in [0.29, 0.717) is 12.2 Å². The number of hydrogen-bond acceptors (Lipinski definition) is 8. The minimum atomic E-state index is -2.53. The molecule has 2 heterocycles. The van der Waals surface area contributed by atoms with E-state index in [4.69, 9.17) is 13.9 Å². The van der Waals surface area contributed by atoms with Crippen LogP contribution in [0.4, 0.5) is 5.69 Å². The van der Waals surface area contributed by atoms with Gasteiger partial charge in [-0.25, -0.2) is 0 Å². The monoisotopic (exact) mass is 820 g/mol. The van der Waals surface area contributed by atoms with Crippen molar-refractivity contribution in [3.63, 3.8) is 0 Å². The van der Waals surface area contributed by atoms with Crippen molar-refractivity contribution in [2.45, 2.75) is 84.8 Å². The zero-order valence-electron chi connectivity index (χ0n) is 35.5. The van der Waals surface area contributed by atoms with Gasteiger partial charge in [0.1, 0.15) is 35.1 Å². The summed E-state index contributed by atoms with van der Waals surface area (Å²) in [7, 11) is -2.53. The van der Waals surface area contributed by atoms with Crippen LogP contribution >= 0.6 is 11.3 Å². The van der Waals surface area contributed by atoms with Crippen molar-refractivity contribution < 1.29 is 13.9 Å². The second-order valence-electron chi connectivity index (χ2n) is 16.0. The lowest BCUT2D eigenvalue weighted by atomic mass is 9.94. The molecule has 5 rings (SSSR count). The summed E-state index contributed by atoms with van der Waals surface area (Å²) in [5.41, 5.74) is 1.94. The largest absolute Gasteiger partial charge is 0.493 e. The number of nitriles is 3. The van der Waals surface area contributed by atoms with Gasteiger partial charge in [-0.05, 0) is 105 Å². The molecule has 0 N–H and O–H groups in total. The molecule has 0 saturated carbocycles. The van der Waals surface area contributed by atoms with Crippen LogP contribution in [0, 0.1) is 34.0 Å². The molecular formula is C50H56N4O3SSi. The zero-order chi connectivity index (χ0) is 42.5. The first-order valence-corrected chi connectivity index (χ1v) is 23.3. The number of thiophene rings is 1. The Hall–Kier alpha value is -5.63. The molecule has 1 aromatic heterocycles. The number of nitrogens with zero attached hydrogens (tertiary/aromatic N) is 4. The fourth-order valence-electron chi connectivity index (χ4n) is 7.66. The quantitative estimate of drug-likeness (QED) is 0.0559. The number of rotatable bonds is 18. The molecule has 0 radical (unpaired) electrons. The van der Waals surface area contributed by atoms with Gasteiger partial charge in [0.05, 0.1) is 6.61 Å². The first kappa shape index (κ1) is 44.5. The van der Waals surface area contributed by atoms with E-state index in [9.17, 15) is 15.8 Å². The lowest BCUT2D eigenvalue weighted by Gasteiger charge is -2.43. The molecule has 3 aromatic carbocycles. The molecule has 59 heavy (non-hydrogen) atoms. The van der Waals surface area contributed by atoms with Crippen molar-refractivity contribution in [3.05, 3.63) is 135 Å². The Balaban J connectivity index is 1.23. The molecule has 0 saturated heterocycles. The Morgan fingerprint density at radius 1 is 0.763 bits per heavy atom. The molecule has 1 aliphatic heterocycles. The number of anilines is 1. The van der Waals surface area contributed by atoms with Crippen molar-refractivity contribution in [1.82, 2.24) is 0 Å². The van der Waals surface area contributed by atoms with E-state index >= 15 is 0 Å². The molecule has 0 bridgehead atoms. The van der Waals surface area contributed by atoms with E-state index < -0.39 is 13.9 Å². The van der Waals surface area contributed by atoms with Crippen LogP contribution in [0.15, 0.2) is 120 Å². The predicted molar refractivity (Wildman–Crippen MR) is 246 cm³/mol. The molecule has 0 amide bonds. The molecule has 304 valence electrons. The number of hydrogen-bond donors (Lipinski definition) is 0. The van der Waals surface area contributed by atoms with Gasteiger partial charge in [-0.2, -0.15) is 15.8 Å². The first-order valence-electron chi connectivity index (χ1n) is 20.5. The summed E-state index contributed by atoms with van der Waals surface area (Å²) in [5, 5.41) is 31.2. The molecule has 0 spiro atoms. The van der Waals surface area contributed by atoms with Gasteiger partial charge in [0.15, 0.2) is 11.3 Å². The van der Waals surface area contributed by atoms with Gasteiger partial charge in [0.2, 0.25) is 0 Å². The fraction of sp³-hybridized carbons (Fsp3) is 0.340. The van der Waals surface area contributed by atoms with Crippen molar-refractivity contribution in [1.29, 1.82) is 15.8 Å². The van der Waals surface area contributed by atoms with Gasteiger partial charge in [0.25, 0.3) is 8.32 Å². The highest BCUT2D eigenvalue weighted by molar-refractivity contribution is 7.13. The molecule has 0 aliphatic carbocycles. The molecule has 1 aliphatic rings. The maximum Gasteiger partial charge on any atom is 0.261 e. The number of ether oxygens (including phenoxy) is 2. The van der Waals surface area contributed by atoms with Gasteiger partial charge in [0, 0.05) is 52.3 Å². The summed E-state index contributed by atoms with van der Waals surface area (Å²) in [6.45, 7) is 18.1. The average Bonchev–Trinajstić information content (AvgIpc) is 3.80. The number of unbranched alkanes of at least 4 members (excludes halogenated alkanes) is 3. The topological polar surface area (TPSA) is 102 Å². The maximum atomic E-state index is 9.88. The van der Waals surface area contributed by atoms with Crippen LogP contribution in [0.2, 0.25) is 5.04 Å². The Morgan fingerprint density at radius 3 is 1.88 bits per heavy atom. The van der Waals surface area contributed by atoms with Gasteiger partial charge in [-0.15, -0.1) is 11.3 Å². The third kappa shape index (κ3) is 10.5. The van der Waals surface area contributed by atoms with Crippen LogP contribution in [-0.4, -0.2) is 40.2 Å². The van der Waals surface area contributed by atoms with Crippen LogP contribution in [0.1, 0.15) is 89.5 Å². The minimum Gasteiger partial charge on any atom is -0.493 e. The summed E-state index contributed by atoms with van der Waals surface area (Å²) >= 11 is 1.62. The molecular weight excluding hydrogens is 765 g/mol. The summed E-state index contributed by atoms with van der Waals surface area (Å²) in [6, 6.07) is 38.0. The van der Waals surface area contributed by atoms with Crippen molar-refractivity contribution in [3.8, 4) is 24.0 Å². The van der Waals surface area contributed by atoms with E-state index in [-0.39, 0.29) is 21.9 Å². The summed E-state index contributed by atoms with van der Waals surface area (Å²) < 4.78 is 19.5. The Bertz CT molecular complexity index is 2240. The summed E-state index contributed by atoms with van der Waals surface area (Å²) in [4.78, 5) is 4.39. The standard InChI is InChI=1S/C50H56N4O3SSi/c1-8-54(9-2)40-26-24-38(25-27-41-28-29-42(58-41)30-31-46-45(37-53)48(39(35-51)36-52)57-50(46,6)7)47(34-40)55-32-18-10-11-19-33-56-59(49(3,4)5,43-20-14-12-15-21-43)44-22-16-13-17-23-44/h12-17,20-31,34H,8-11,18-19,32-33H2,1-7H3/b27-25+,31-30+. The molecule has 0 atom stereocenters. The van der Waals surface area contributed by atoms with E-state index in [1.165, 1.54) is 10.4 Å². The smallest absolute Gasteiger partial charge is 0.261 e. The zero-order valence-corrected chi connectivity index (χ0v) is 37.4. The second-order valence-corrected chi connectivity index (χ2v) is 21.5. The van der Waals surface area contributed by atoms with E-state index in [1.54, 1.807) is 11.3 Å². The summed E-state index contributed by atoms with van der Waals surface area (Å²) in [6.07, 6.45) is 12.1. The van der Waals surface area contributed by atoms with Gasteiger partial charge >= 0.3 is 0 Å². The van der Waals surface area contributed by atoms with Crippen LogP contribution < -0.4 is 20.0 Å². The van der Waals surface area contributed by atoms with E-state index in [1.807, 2.05) is 44.2 Å². The van der Waals surface area contributed by atoms with Crippen LogP contribution in [-0.2, 0) is 9.16 Å². The highest BCUT2D eigenvalue weighted by Gasteiger charge is 2.50. The Labute approximate surface area is 356 Å². The highest BCUT2D eigenvalue weighted by atomic mass is 32.1. The molecule has 0 unspecified atom stereocenters. The lowest BCUT2D eigenvalue weighted by molar-refractivity contribution is 0.0954. The number of allylic oxidation sites excluding steroid dienone is 2. The fourth-order valence-corrected chi connectivity index (χ4v) is 13.1. The van der Waals surface area contributed by atoms with Gasteiger partial charge < -0.3 is 18.8 Å². The maximum absolute atomic E-state index is 9.88. The molecule has 4 aromatic rings. The van der Waals surface area contributed by atoms with Crippen molar-refractivity contribution >= 4 is 53.9 Å². The van der Waals surface area contributed by atoms with Crippen LogP contribution in [0.25, 0.3) is 18.2 Å². The van der Waals surface area contributed by atoms with Crippen LogP contribution in [0.5, 0.6) is 5.75 Å². The van der Waals surface area contributed by atoms with Gasteiger partial charge in [-0.3, -0.25) is 0 Å². The second kappa shape index (κ2) is 20.4. The molecule has 0 fully saturated rings. The third-order valence-corrected chi connectivity index (χ3v) is 16.8. The predicted octanol–water partition coefficient (Wildman–Crippen LogP) is 11.2. The van der Waals surface area contributed by atoms with Crippen molar-refractivity contribution in [2.24, 2.45) is 0 Å².